The summed E-state index contributed by atoms with van der Waals surface area (Å²) < 4.78 is 4.57. The molecule has 2 heterocycles. The summed E-state index contributed by atoms with van der Waals surface area (Å²) in [7, 11) is 2.00. The van der Waals surface area contributed by atoms with Crippen LogP contribution in [0, 0.1) is 5.92 Å². The zero-order valence-electron chi connectivity index (χ0n) is 8.74. The average Bonchev–Trinajstić information content (AvgIpc) is 2.79. The van der Waals surface area contributed by atoms with Crippen LogP contribution in [0.1, 0.15) is 12.1 Å². The standard InChI is InChI=1S/C9H15ClN4S/c1-11-4-7-2-3-14(5-7)6-8-9(10)15-13-12-8/h7,11H,2-6H2,1H3. The Morgan fingerprint density at radius 1 is 1.67 bits per heavy atom. The molecule has 0 spiro atoms. The molecule has 0 aliphatic carbocycles. The molecule has 1 aliphatic heterocycles. The largest absolute Gasteiger partial charge is 0.319 e. The highest BCUT2D eigenvalue weighted by Gasteiger charge is 2.23. The van der Waals surface area contributed by atoms with Gasteiger partial charge in [0.1, 0.15) is 10.0 Å². The zero-order chi connectivity index (χ0) is 10.7. The van der Waals surface area contributed by atoms with E-state index in [-0.39, 0.29) is 0 Å². The Hall–Kier alpha value is -0.230. The van der Waals surface area contributed by atoms with E-state index in [1.807, 2.05) is 7.05 Å². The van der Waals surface area contributed by atoms with Crippen LogP contribution in [0.25, 0.3) is 0 Å². The minimum absolute atomic E-state index is 0.729. The third-order valence-electron chi connectivity index (χ3n) is 2.75. The van der Waals surface area contributed by atoms with Crippen LogP contribution < -0.4 is 5.32 Å². The summed E-state index contributed by atoms with van der Waals surface area (Å²) in [6.07, 6.45) is 1.26. The molecule has 1 saturated heterocycles. The second-order valence-corrected chi connectivity index (χ2v) is 5.30. The summed E-state index contributed by atoms with van der Waals surface area (Å²) >= 11 is 7.23. The molecule has 0 saturated carbocycles. The second-order valence-electron chi connectivity index (χ2n) is 3.94. The van der Waals surface area contributed by atoms with Gasteiger partial charge in [-0.15, -0.1) is 5.10 Å². The zero-order valence-corrected chi connectivity index (χ0v) is 10.3. The Morgan fingerprint density at radius 2 is 2.53 bits per heavy atom. The Balaban J connectivity index is 1.85. The Morgan fingerprint density at radius 3 is 3.20 bits per heavy atom. The normalized spacial score (nSPS) is 22.4. The Bertz CT molecular complexity index is 317. The van der Waals surface area contributed by atoms with Crippen molar-refractivity contribution in [2.24, 2.45) is 5.92 Å². The lowest BCUT2D eigenvalue weighted by atomic mass is 10.1. The van der Waals surface area contributed by atoms with E-state index in [9.17, 15) is 0 Å². The van der Waals surface area contributed by atoms with Crippen molar-refractivity contribution in [3.8, 4) is 0 Å². The van der Waals surface area contributed by atoms with E-state index in [4.69, 9.17) is 11.6 Å². The first-order valence-corrected chi connectivity index (χ1v) is 6.28. The topological polar surface area (TPSA) is 41.0 Å². The predicted octanol–water partition coefficient (Wildman–Crippen LogP) is 1.23. The van der Waals surface area contributed by atoms with Crippen molar-refractivity contribution in [2.75, 3.05) is 26.7 Å². The quantitative estimate of drug-likeness (QED) is 0.868. The van der Waals surface area contributed by atoms with E-state index >= 15 is 0 Å². The smallest absolute Gasteiger partial charge is 0.138 e. The molecule has 4 nitrogen and oxygen atoms in total. The minimum atomic E-state index is 0.729. The van der Waals surface area contributed by atoms with Gasteiger partial charge >= 0.3 is 0 Å². The molecule has 1 aliphatic rings. The fourth-order valence-corrected chi connectivity index (χ4v) is 2.63. The molecule has 84 valence electrons. The molecule has 1 unspecified atom stereocenters. The third kappa shape index (κ3) is 2.87. The molecule has 1 fully saturated rings. The van der Waals surface area contributed by atoms with Crippen molar-refractivity contribution >= 4 is 23.1 Å². The lowest BCUT2D eigenvalue weighted by Crippen LogP contribution is -2.24. The van der Waals surface area contributed by atoms with Crippen LogP contribution in [0.15, 0.2) is 0 Å². The number of rotatable bonds is 4. The van der Waals surface area contributed by atoms with E-state index in [1.54, 1.807) is 0 Å². The second kappa shape index (κ2) is 5.21. The Labute approximate surface area is 98.8 Å². The van der Waals surface area contributed by atoms with Crippen LogP contribution in [-0.4, -0.2) is 41.2 Å². The summed E-state index contributed by atoms with van der Waals surface area (Å²) in [5, 5.41) is 7.25. The monoisotopic (exact) mass is 246 g/mol. The number of nitrogens with one attached hydrogen (secondary N) is 1. The summed E-state index contributed by atoms with van der Waals surface area (Å²) in [6.45, 7) is 4.21. The van der Waals surface area contributed by atoms with E-state index in [0.717, 1.165) is 42.1 Å². The fourth-order valence-electron chi connectivity index (χ4n) is 2.01. The average molecular weight is 247 g/mol. The molecule has 0 radical (unpaired) electrons. The van der Waals surface area contributed by atoms with Gasteiger partial charge < -0.3 is 5.32 Å². The number of likely N-dealkylation sites (tertiary alicyclic amines) is 1. The van der Waals surface area contributed by atoms with Crippen LogP contribution in [-0.2, 0) is 6.54 Å². The van der Waals surface area contributed by atoms with Crippen molar-refractivity contribution in [1.29, 1.82) is 0 Å². The van der Waals surface area contributed by atoms with E-state index < -0.39 is 0 Å². The molecule has 1 N–H and O–H groups in total. The van der Waals surface area contributed by atoms with Gasteiger partial charge in [0, 0.05) is 24.6 Å². The van der Waals surface area contributed by atoms with Gasteiger partial charge in [0.05, 0.1) is 0 Å². The first-order chi connectivity index (χ1) is 7.29. The summed E-state index contributed by atoms with van der Waals surface area (Å²) in [6, 6.07) is 0. The SMILES string of the molecule is CNCC1CCN(Cc2nnsc2Cl)C1. The highest BCUT2D eigenvalue weighted by Crippen LogP contribution is 2.22. The molecule has 0 bridgehead atoms. The van der Waals surface area contributed by atoms with Crippen LogP contribution in [0.4, 0.5) is 0 Å². The van der Waals surface area contributed by atoms with Crippen molar-refractivity contribution in [2.45, 2.75) is 13.0 Å². The van der Waals surface area contributed by atoms with Crippen molar-refractivity contribution < 1.29 is 0 Å². The van der Waals surface area contributed by atoms with Gasteiger partial charge in [0.25, 0.3) is 0 Å². The fraction of sp³-hybridized carbons (Fsp3) is 0.778. The van der Waals surface area contributed by atoms with E-state index in [0.29, 0.717) is 0 Å². The van der Waals surface area contributed by atoms with Crippen LogP contribution >= 0.6 is 23.1 Å². The van der Waals surface area contributed by atoms with Crippen LogP contribution in [0.2, 0.25) is 4.34 Å². The van der Waals surface area contributed by atoms with Crippen molar-refractivity contribution in [1.82, 2.24) is 19.8 Å². The number of nitrogens with zero attached hydrogens (tertiary/aromatic N) is 3. The number of halogens is 1. The minimum Gasteiger partial charge on any atom is -0.319 e. The molecular weight excluding hydrogens is 232 g/mol. The van der Waals surface area contributed by atoms with Gasteiger partial charge in [0.2, 0.25) is 0 Å². The van der Waals surface area contributed by atoms with Gasteiger partial charge in [-0.1, -0.05) is 16.1 Å². The third-order valence-corrected chi connectivity index (χ3v) is 3.73. The maximum absolute atomic E-state index is 5.97. The van der Waals surface area contributed by atoms with Gasteiger partial charge in [-0.3, -0.25) is 4.90 Å². The molecular formula is C9H15ClN4S. The highest BCUT2D eigenvalue weighted by atomic mass is 35.5. The highest BCUT2D eigenvalue weighted by molar-refractivity contribution is 7.10. The molecule has 2 rings (SSSR count). The van der Waals surface area contributed by atoms with Gasteiger partial charge in [-0.05, 0) is 32.5 Å². The van der Waals surface area contributed by atoms with Crippen LogP contribution in [0.5, 0.6) is 0 Å². The van der Waals surface area contributed by atoms with Crippen LogP contribution in [0.3, 0.4) is 0 Å². The maximum atomic E-state index is 5.97. The van der Waals surface area contributed by atoms with E-state index in [1.165, 1.54) is 18.0 Å². The summed E-state index contributed by atoms with van der Waals surface area (Å²) in [5.41, 5.74) is 0.923. The molecule has 1 atom stereocenters. The number of hydrogen-bond donors (Lipinski definition) is 1. The maximum Gasteiger partial charge on any atom is 0.138 e. The lowest BCUT2D eigenvalue weighted by Gasteiger charge is -2.14. The lowest BCUT2D eigenvalue weighted by molar-refractivity contribution is 0.311. The number of aromatic nitrogens is 2. The molecule has 1 aromatic heterocycles. The molecule has 15 heavy (non-hydrogen) atoms. The van der Waals surface area contributed by atoms with Gasteiger partial charge in [-0.25, -0.2) is 0 Å². The molecule has 0 amide bonds. The van der Waals surface area contributed by atoms with Crippen molar-refractivity contribution in [3.63, 3.8) is 0 Å². The summed E-state index contributed by atoms with van der Waals surface area (Å²) in [5.74, 6) is 0.764. The molecule has 1 aromatic rings. The van der Waals surface area contributed by atoms with Gasteiger partial charge in [0.15, 0.2) is 0 Å². The first kappa shape index (κ1) is 11.3. The summed E-state index contributed by atoms with van der Waals surface area (Å²) in [4.78, 5) is 2.39. The van der Waals surface area contributed by atoms with Crippen molar-refractivity contribution in [3.05, 3.63) is 10.0 Å². The van der Waals surface area contributed by atoms with E-state index in [2.05, 4.69) is 19.8 Å². The number of hydrogen-bond acceptors (Lipinski definition) is 5. The van der Waals surface area contributed by atoms with Gasteiger partial charge in [-0.2, -0.15) is 0 Å². The Kier molecular flexibility index (Phi) is 3.91. The first-order valence-electron chi connectivity index (χ1n) is 5.13. The molecule has 6 heteroatoms. The molecule has 0 aromatic carbocycles. The predicted molar refractivity (Wildman–Crippen MR) is 62.2 cm³/mol.